The lowest BCUT2D eigenvalue weighted by atomic mass is 9.95. The molecule has 1 aromatic rings. The average Bonchev–Trinajstić information content (AvgIpc) is 2.83. The summed E-state index contributed by atoms with van der Waals surface area (Å²) < 4.78 is 14.4. The predicted octanol–water partition coefficient (Wildman–Crippen LogP) is 0.432. The highest BCUT2D eigenvalue weighted by Crippen LogP contribution is 2.32. The van der Waals surface area contributed by atoms with Crippen molar-refractivity contribution in [3.05, 3.63) is 35.9 Å². The number of rotatable bonds is 5. The van der Waals surface area contributed by atoms with Gasteiger partial charge in [0.05, 0.1) is 0 Å². The standard InChI is InChI=1S/C15H14O8/c1-9(16)23-15(14(19)20)7-11(17)22-12(15)13(18)21-8-10-5-3-2-4-6-10/h2-6,12H,7-8H2,1H3,(H,19,20)/t12-,15?/m1/s1. The summed E-state index contributed by atoms with van der Waals surface area (Å²) in [6.45, 7) is 0.837. The molecule has 1 aromatic carbocycles. The molecule has 0 radical (unpaired) electrons. The number of esters is 3. The number of carboxylic acid groups (broad SMARTS) is 1. The Labute approximate surface area is 130 Å². The van der Waals surface area contributed by atoms with E-state index in [4.69, 9.17) is 14.2 Å². The average molecular weight is 322 g/mol. The topological polar surface area (TPSA) is 116 Å². The lowest BCUT2D eigenvalue weighted by Gasteiger charge is -2.26. The largest absolute Gasteiger partial charge is 0.478 e. The number of hydrogen-bond acceptors (Lipinski definition) is 7. The van der Waals surface area contributed by atoms with Crippen LogP contribution in [-0.2, 0) is 40.0 Å². The minimum absolute atomic E-state index is 0.135. The molecule has 0 bridgehead atoms. The first-order valence-electron chi connectivity index (χ1n) is 6.68. The number of cyclic esters (lactones) is 1. The first-order valence-corrected chi connectivity index (χ1v) is 6.68. The van der Waals surface area contributed by atoms with Crippen molar-refractivity contribution in [2.75, 3.05) is 0 Å². The third kappa shape index (κ3) is 3.47. The fraction of sp³-hybridized carbons (Fsp3) is 0.333. The van der Waals surface area contributed by atoms with Gasteiger partial charge in [-0.3, -0.25) is 9.59 Å². The first kappa shape index (κ1) is 16.5. The molecule has 1 aliphatic rings. The molecule has 2 atom stereocenters. The number of hydrogen-bond donors (Lipinski definition) is 1. The van der Waals surface area contributed by atoms with Crippen molar-refractivity contribution in [1.82, 2.24) is 0 Å². The summed E-state index contributed by atoms with van der Waals surface area (Å²) in [7, 11) is 0. The molecular weight excluding hydrogens is 308 g/mol. The summed E-state index contributed by atoms with van der Waals surface area (Å²) in [4.78, 5) is 46.2. The van der Waals surface area contributed by atoms with Crippen LogP contribution in [0.2, 0.25) is 0 Å². The zero-order chi connectivity index (χ0) is 17.0. The highest BCUT2D eigenvalue weighted by molar-refractivity contribution is 5.98. The van der Waals surface area contributed by atoms with E-state index in [-0.39, 0.29) is 6.61 Å². The predicted molar refractivity (Wildman–Crippen MR) is 72.9 cm³/mol. The van der Waals surface area contributed by atoms with Crippen LogP contribution in [0, 0.1) is 0 Å². The van der Waals surface area contributed by atoms with Crippen molar-refractivity contribution >= 4 is 23.9 Å². The van der Waals surface area contributed by atoms with Gasteiger partial charge in [-0.05, 0) is 5.56 Å². The van der Waals surface area contributed by atoms with E-state index in [9.17, 15) is 24.3 Å². The number of carboxylic acids is 1. The smallest absolute Gasteiger partial charge is 0.353 e. The first-order chi connectivity index (χ1) is 10.8. The Morgan fingerprint density at radius 3 is 2.52 bits per heavy atom. The summed E-state index contributed by atoms with van der Waals surface area (Å²) in [5.41, 5.74) is -1.74. The van der Waals surface area contributed by atoms with Gasteiger partial charge < -0.3 is 19.3 Å². The molecule has 8 nitrogen and oxygen atoms in total. The van der Waals surface area contributed by atoms with Gasteiger partial charge in [0.1, 0.15) is 13.0 Å². The Kier molecular flexibility index (Phi) is 4.63. The molecular formula is C15H14O8. The van der Waals surface area contributed by atoms with Crippen LogP contribution in [-0.4, -0.2) is 40.7 Å². The van der Waals surface area contributed by atoms with Crippen LogP contribution in [0.3, 0.4) is 0 Å². The zero-order valence-corrected chi connectivity index (χ0v) is 12.2. The third-order valence-electron chi connectivity index (χ3n) is 3.21. The molecule has 1 unspecified atom stereocenters. The molecule has 1 heterocycles. The van der Waals surface area contributed by atoms with Gasteiger partial charge in [-0.2, -0.15) is 0 Å². The van der Waals surface area contributed by atoms with Gasteiger partial charge >= 0.3 is 23.9 Å². The molecule has 1 aliphatic heterocycles. The van der Waals surface area contributed by atoms with Crippen LogP contribution in [0.25, 0.3) is 0 Å². The van der Waals surface area contributed by atoms with Gasteiger partial charge in [0.25, 0.3) is 5.60 Å². The highest BCUT2D eigenvalue weighted by atomic mass is 16.6. The molecule has 2 rings (SSSR count). The molecule has 1 fully saturated rings. The van der Waals surface area contributed by atoms with Crippen molar-refractivity contribution in [2.45, 2.75) is 31.7 Å². The molecule has 0 aromatic heterocycles. The van der Waals surface area contributed by atoms with E-state index in [0.29, 0.717) is 5.56 Å². The Bertz CT molecular complexity index is 638. The molecule has 8 heteroatoms. The van der Waals surface area contributed by atoms with Crippen LogP contribution in [0.15, 0.2) is 30.3 Å². The van der Waals surface area contributed by atoms with Crippen molar-refractivity contribution in [3.63, 3.8) is 0 Å². The monoisotopic (exact) mass is 322 g/mol. The maximum absolute atomic E-state index is 12.1. The van der Waals surface area contributed by atoms with Gasteiger partial charge in [0, 0.05) is 6.92 Å². The number of carbonyl (C=O) groups excluding carboxylic acids is 3. The third-order valence-corrected chi connectivity index (χ3v) is 3.21. The van der Waals surface area contributed by atoms with Crippen LogP contribution in [0.4, 0.5) is 0 Å². The molecule has 0 spiro atoms. The van der Waals surface area contributed by atoms with E-state index >= 15 is 0 Å². The number of ether oxygens (including phenoxy) is 3. The lowest BCUT2D eigenvalue weighted by Crippen LogP contribution is -2.53. The minimum atomic E-state index is -2.41. The van der Waals surface area contributed by atoms with E-state index < -0.39 is 42.0 Å². The fourth-order valence-corrected chi connectivity index (χ4v) is 2.20. The Morgan fingerprint density at radius 1 is 1.30 bits per heavy atom. The summed E-state index contributed by atoms with van der Waals surface area (Å²) in [6.07, 6.45) is -2.60. The van der Waals surface area contributed by atoms with Gasteiger partial charge in [0.2, 0.25) is 6.10 Å². The van der Waals surface area contributed by atoms with Crippen LogP contribution < -0.4 is 0 Å². The number of aliphatic carboxylic acids is 1. The number of carbonyl (C=O) groups is 4. The second-order valence-corrected chi connectivity index (χ2v) is 4.93. The highest BCUT2D eigenvalue weighted by Gasteiger charge is 2.62. The Hall–Kier alpha value is -2.90. The minimum Gasteiger partial charge on any atom is -0.478 e. The van der Waals surface area contributed by atoms with Gasteiger partial charge in [-0.25, -0.2) is 9.59 Å². The van der Waals surface area contributed by atoms with E-state index in [2.05, 4.69) is 0 Å². The van der Waals surface area contributed by atoms with E-state index in [1.165, 1.54) is 0 Å². The van der Waals surface area contributed by atoms with Gasteiger partial charge in [0.15, 0.2) is 0 Å². The van der Waals surface area contributed by atoms with E-state index in [0.717, 1.165) is 6.92 Å². The molecule has 0 amide bonds. The van der Waals surface area contributed by atoms with Crippen molar-refractivity contribution in [1.29, 1.82) is 0 Å². The Morgan fingerprint density at radius 2 is 1.96 bits per heavy atom. The summed E-state index contributed by atoms with van der Waals surface area (Å²) in [6, 6.07) is 8.65. The van der Waals surface area contributed by atoms with Crippen LogP contribution >= 0.6 is 0 Å². The summed E-state index contributed by atoms with van der Waals surface area (Å²) in [5.74, 6) is -4.66. The summed E-state index contributed by atoms with van der Waals surface area (Å²) >= 11 is 0. The maximum atomic E-state index is 12.1. The van der Waals surface area contributed by atoms with Gasteiger partial charge in [-0.15, -0.1) is 0 Å². The molecule has 1 saturated heterocycles. The SMILES string of the molecule is CC(=O)OC1(C(=O)O)CC(=O)O[C@@H]1C(=O)OCc1ccccc1. The molecule has 122 valence electrons. The Balaban J connectivity index is 2.17. The van der Waals surface area contributed by atoms with Crippen molar-refractivity contribution < 1.29 is 38.5 Å². The fourth-order valence-electron chi connectivity index (χ4n) is 2.20. The molecule has 0 saturated carbocycles. The zero-order valence-electron chi connectivity index (χ0n) is 12.2. The van der Waals surface area contributed by atoms with Crippen molar-refractivity contribution in [3.8, 4) is 0 Å². The second kappa shape index (κ2) is 6.47. The van der Waals surface area contributed by atoms with E-state index in [1.807, 2.05) is 0 Å². The summed E-state index contributed by atoms with van der Waals surface area (Å²) in [5, 5.41) is 9.32. The second-order valence-electron chi connectivity index (χ2n) is 4.93. The van der Waals surface area contributed by atoms with Crippen LogP contribution in [0.5, 0.6) is 0 Å². The van der Waals surface area contributed by atoms with Gasteiger partial charge in [-0.1, -0.05) is 30.3 Å². The lowest BCUT2D eigenvalue weighted by molar-refractivity contribution is -0.192. The normalized spacial score (nSPS) is 23.0. The quantitative estimate of drug-likeness (QED) is 0.613. The van der Waals surface area contributed by atoms with Crippen molar-refractivity contribution in [2.24, 2.45) is 0 Å². The van der Waals surface area contributed by atoms with Crippen LogP contribution in [0.1, 0.15) is 18.9 Å². The molecule has 0 aliphatic carbocycles. The molecule has 1 N–H and O–H groups in total. The number of benzene rings is 1. The maximum Gasteiger partial charge on any atom is 0.353 e. The molecule has 23 heavy (non-hydrogen) atoms. The van der Waals surface area contributed by atoms with E-state index in [1.54, 1.807) is 30.3 Å².